The van der Waals surface area contributed by atoms with Crippen molar-refractivity contribution >= 4 is 92.1 Å². The fraction of sp³-hybridized carbons (Fsp3) is 0.400. The predicted molar refractivity (Wildman–Crippen MR) is 211 cm³/mol. The SMILES string of the molecule is CCn1cc(C(=O)NCC[N+]2(CC3=C(C(=O)O)N4C(=O)[C@@H](NC(=O)/C(=N\O[C@@H](CC(=O)O)C(=O)O)c5nc(N)sc5Cl)[C@H]4SC3)CCCC2)c(=O)c2cc(O)c(O)c(F)c21. The van der Waals surface area contributed by atoms with E-state index in [0.717, 1.165) is 35.1 Å². The van der Waals surface area contributed by atoms with Gasteiger partial charge in [-0.05, 0) is 13.0 Å². The van der Waals surface area contributed by atoms with Crippen LogP contribution < -0.4 is 21.8 Å². The van der Waals surface area contributed by atoms with E-state index >= 15 is 0 Å². The van der Waals surface area contributed by atoms with Gasteiger partial charge in [-0.3, -0.25) is 28.9 Å². The number of benzene rings is 1. The minimum atomic E-state index is -2.02. The first-order chi connectivity index (χ1) is 28.4. The van der Waals surface area contributed by atoms with Crippen molar-refractivity contribution in [3.05, 3.63) is 55.2 Å². The van der Waals surface area contributed by atoms with Crippen LogP contribution in [0.1, 0.15) is 42.2 Å². The number of carboxylic acid groups (broad SMARTS) is 3. The van der Waals surface area contributed by atoms with Gasteiger partial charge < -0.3 is 55.8 Å². The lowest BCUT2D eigenvalue weighted by molar-refractivity contribution is -0.911. The second kappa shape index (κ2) is 17.3. The number of fused-ring (bicyclic) bond motifs is 2. The number of nitrogens with two attached hydrogens (primary N) is 1. The number of β-lactam (4-membered cyclic amide) rings is 1. The van der Waals surface area contributed by atoms with Crippen LogP contribution in [0.25, 0.3) is 10.9 Å². The van der Waals surface area contributed by atoms with E-state index in [0.29, 0.717) is 29.7 Å². The molecule has 0 unspecified atom stereocenters. The Balaban J connectivity index is 1.18. The molecule has 3 amide bonds. The lowest BCUT2D eigenvalue weighted by Gasteiger charge is -2.50. The summed E-state index contributed by atoms with van der Waals surface area (Å²) in [7, 11) is 0. The molecule has 2 fully saturated rings. The molecule has 0 bridgehead atoms. The Morgan fingerprint density at radius 1 is 1.17 bits per heavy atom. The van der Waals surface area contributed by atoms with Crippen molar-refractivity contribution < 1.29 is 68.0 Å². The highest BCUT2D eigenvalue weighted by Gasteiger charge is 2.55. The number of nitrogens with one attached hydrogen (secondary N) is 2. The summed E-state index contributed by atoms with van der Waals surface area (Å²) in [5.74, 6) is -10.3. The number of phenolic OH excluding ortho intramolecular Hbond substituents is 2. The first-order valence-corrected chi connectivity index (χ1v) is 20.3. The topological polar surface area (TPSA) is 313 Å². The summed E-state index contributed by atoms with van der Waals surface area (Å²) < 4.78 is 16.3. The largest absolute Gasteiger partial charge is 0.504 e. The number of carbonyl (C=O) groups excluding carboxylic acids is 3. The molecular formula is C35H37ClFN8O13S2+. The van der Waals surface area contributed by atoms with E-state index in [-0.39, 0.29) is 62.7 Å². The van der Waals surface area contributed by atoms with Gasteiger partial charge in [0.05, 0.1) is 43.5 Å². The maximum atomic E-state index is 14.8. The molecule has 6 rings (SSSR count). The lowest BCUT2D eigenvalue weighted by Crippen LogP contribution is -2.71. The number of halogens is 2. The fourth-order valence-corrected chi connectivity index (χ4v) is 9.66. The number of hydrogen-bond donors (Lipinski definition) is 8. The average Bonchev–Trinajstić information content (AvgIpc) is 3.79. The summed E-state index contributed by atoms with van der Waals surface area (Å²) in [4.78, 5) is 99.1. The van der Waals surface area contributed by atoms with E-state index in [1.807, 2.05) is 0 Å². The van der Waals surface area contributed by atoms with E-state index in [9.17, 15) is 58.4 Å². The number of thioether (sulfide) groups is 1. The summed E-state index contributed by atoms with van der Waals surface area (Å²) >= 11 is 8.10. The van der Waals surface area contributed by atoms with Gasteiger partial charge in [0.1, 0.15) is 39.3 Å². The van der Waals surface area contributed by atoms with Crippen LogP contribution in [0.4, 0.5) is 9.52 Å². The number of nitrogens with zero attached hydrogens (tertiary/aromatic N) is 5. The summed E-state index contributed by atoms with van der Waals surface area (Å²) in [6, 6.07) is -0.402. The van der Waals surface area contributed by atoms with Gasteiger partial charge in [0.15, 0.2) is 28.2 Å². The first kappa shape index (κ1) is 43.6. The lowest BCUT2D eigenvalue weighted by atomic mass is 10.0. The Bertz CT molecular complexity index is 2450. The van der Waals surface area contributed by atoms with Crippen molar-refractivity contribution in [2.45, 2.75) is 50.3 Å². The molecule has 25 heteroatoms. The normalized spacial score (nSPS) is 19.1. The third-order valence-electron chi connectivity index (χ3n) is 10.2. The summed E-state index contributed by atoms with van der Waals surface area (Å²) in [6.45, 7) is 3.52. The van der Waals surface area contributed by atoms with Crippen molar-refractivity contribution in [2.24, 2.45) is 5.16 Å². The molecule has 0 saturated carbocycles. The molecule has 0 spiro atoms. The standard InChI is InChI=1S/C35H36ClFN8O13S2/c1-2-43-11-16(26(49)15-9-17(46)27(50)20(37)25(15)43)29(51)39-5-8-45(6-3-4-7-45)12-14-13-59-32-23(31(53)44(32)24(14)34(56)57)40-30(52)22(21-28(36)60-35(38)41-21)42-58-18(33(54)55)10-19(47)48/h9,11,18,23,32H,2-8,10,12-13H2,1H3,(H8-,38,39,40,41,42,46,47,48,49,50,51,52,54,55,56,57)/p+1/t18-,23+,32+/m0/s1. The zero-order valence-electron chi connectivity index (χ0n) is 31.3. The molecule has 320 valence electrons. The molecule has 2 aromatic heterocycles. The highest BCUT2D eigenvalue weighted by molar-refractivity contribution is 8.00. The van der Waals surface area contributed by atoms with Crippen LogP contribution in [0.15, 0.2) is 33.5 Å². The number of pyridine rings is 1. The quantitative estimate of drug-likeness (QED) is 0.0323. The highest BCUT2D eigenvalue weighted by Crippen LogP contribution is 2.42. The van der Waals surface area contributed by atoms with E-state index < -0.39 is 88.0 Å². The van der Waals surface area contributed by atoms with Crippen LogP contribution in [0, 0.1) is 5.82 Å². The number of aromatic nitrogens is 2. The number of nitrogen functional groups attached to an aromatic ring is 1. The molecule has 21 nitrogen and oxygen atoms in total. The second-order valence-corrected chi connectivity index (χ2v) is 16.7. The first-order valence-electron chi connectivity index (χ1n) is 18.1. The molecule has 3 aromatic rings. The van der Waals surface area contributed by atoms with Crippen LogP contribution in [-0.2, 0) is 35.4 Å². The number of aromatic hydroxyl groups is 2. The van der Waals surface area contributed by atoms with Crippen molar-refractivity contribution in [1.29, 1.82) is 0 Å². The van der Waals surface area contributed by atoms with Gasteiger partial charge in [0.25, 0.3) is 17.7 Å². The number of aliphatic carboxylic acids is 3. The maximum absolute atomic E-state index is 14.8. The van der Waals surface area contributed by atoms with Crippen LogP contribution >= 0.6 is 34.7 Å². The Hall–Kier alpha value is -5.98. The maximum Gasteiger partial charge on any atom is 0.352 e. The monoisotopic (exact) mass is 895 g/mol. The van der Waals surface area contributed by atoms with Gasteiger partial charge in [-0.15, -0.1) is 11.8 Å². The van der Waals surface area contributed by atoms with Gasteiger partial charge in [-0.1, -0.05) is 28.1 Å². The van der Waals surface area contributed by atoms with E-state index in [1.165, 1.54) is 22.5 Å². The van der Waals surface area contributed by atoms with Crippen LogP contribution in [0.5, 0.6) is 11.5 Å². The zero-order valence-corrected chi connectivity index (χ0v) is 33.7. The molecule has 0 aliphatic carbocycles. The molecule has 2 saturated heterocycles. The zero-order chi connectivity index (χ0) is 43.8. The molecule has 3 atom stereocenters. The minimum Gasteiger partial charge on any atom is -0.504 e. The number of thiazole rings is 1. The van der Waals surface area contributed by atoms with Gasteiger partial charge >= 0.3 is 17.9 Å². The number of anilines is 1. The van der Waals surface area contributed by atoms with Crippen LogP contribution in [0.3, 0.4) is 0 Å². The molecule has 3 aliphatic heterocycles. The Morgan fingerprint density at radius 3 is 2.47 bits per heavy atom. The van der Waals surface area contributed by atoms with Gasteiger partial charge in [0.2, 0.25) is 11.5 Å². The predicted octanol–water partition coefficient (Wildman–Crippen LogP) is 0.692. The number of oxime groups is 1. The van der Waals surface area contributed by atoms with E-state index in [1.54, 1.807) is 6.92 Å². The van der Waals surface area contributed by atoms with Gasteiger partial charge in [-0.25, -0.2) is 19.0 Å². The number of quaternary nitrogens is 1. The Kier molecular flexibility index (Phi) is 12.6. The highest BCUT2D eigenvalue weighted by atomic mass is 35.5. The van der Waals surface area contributed by atoms with Gasteiger partial charge in [-0.2, -0.15) is 0 Å². The number of aryl methyl sites for hydroxylation is 1. The molecule has 0 radical (unpaired) electrons. The summed E-state index contributed by atoms with van der Waals surface area (Å²) in [5.41, 5.74) is 3.35. The fourth-order valence-electron chi connectivity index (χ4n) is 7.39. The van der Waals surface area contributed by atoms with Crippen molar-refractivity contribution in [2.75, 3.05) is 44.2 Å². The number of phenols is 2. The van der Waals surface area contributed by atoms with Gasteiger partial charge in [0, 0.05) is 36.9 Å². The molecule has 1 aromatic carbocycles. The smallest absolute Gasteiger partial charge is 0.352 e. The molecule has 9 N–H and O–H groups in total. The second-order valence-electron chi connectivity index (χ2n) is 14.0. The molecule has 5 heterocycles. The molecular weight excluding hydrogens is 859 g/mol. The van der Waals surface area contributed by atoms with E-state index in [4.69, 9.17) is 27.3 Å². The van der Waals surface area contributed by atoms with Crippen LogP contribution in [-0.4, -0.2) is 142 Å². The number of carbonyl (C=O) groups is 6. The van der Waals surface area contributed by atoms with E-state index in [2.05, 4.69) is 20.8 Å². The Morgan fingerprint density at radius 2 is 1.87 bits per heavy atom. The number of hydrogen-bond acceptors (Lipinski definition) is 15. The summed E-state index contributed by atoms with van der Waals surface area (Å²) in [5, 5.41) is 56.0. The summed E-state index contributed by atoms with van der Waals surface area (Å²) in [6.07, 6.45) is -0.294. The average molecular weight is 896 g/mol. The van der Waals surface area contributed by atoms with Crippen molar-refractivity contribution in [3.8, 4) is 11.5 Å². The number of amides is 3. The minimum absolute atomic E-state index is 0.0472. The third-order valence-corrected chi connectivity index (χ3v) is 12.7. The molecule has 3 aliphatic rings. The number of likely N-dealkylation sites (tertiary alicyclic amines) is 1. The Labute approximate surface area is 350 Å². The van der Waals surface area contributed by atoms with Crippen molar-refractivity contribution in [1.82, 2.24) is 25.1 Å². The van der Waals surface area contributed by atoms with Crippen molar-refractivity contribution in [3.63, 3.8) is 0 Å². The third kappa shape index (κ3) is 8.39. The van der Waals surface area contributed by atoms with Crippen LogP contribution in [0.2, 0.25) is 4.34 Å². The number of rotatable bonds is 16. The molecule has 60 heavy (non-hydrogen) atoms. The number of carboxylic acids is 3.